The maximum atomic E-state index is 12.5. The van der Waals surface area contributed by atoms with Gasteiger partial charge in [-0.3, -0.25) is 0 Å². The number of nitrogens with zero attached hydrogens (tertiary/aromatic N) is 1. The minimum atomic E-state index is -3.14. The Morgan fingerprint density at radius 3 is 2.80 bits per heavy atom. The summed E-state index contributed by atoms with van der Waals surface area (Å²) in [5.74, 6) is 0.246. The summed E-state index contributed by atoms with van der Waals surface area (Å²) in [4.78, 5) is 0. The Hall–Kier alpha value is -0.170. The summed E-state index contributed by atoms with van der Waals surface area (Å²) >= 11 is 0. The van der Waals surface area contributed by atoms with Crippen molar-refractivity contribution >= 4 is 10.0 Å². The molecule has 0 bridgehead atoms. The third kappa shape index (κ3) is 4.16. The minimum Gasteiger partial charge on any atom is -0.375 e. The van der Waals surface area contributed by atoms with E-state index in [1.165, 1.54) is 0 Å². The average Bonchev–Trinajstić information content (AvgIpc) is 2.43. The number of sulfonamides is 1. The van der Waals surface area contributed by atoms with Crippen molar-refractivity contribution in [3.63, 3.8) is 0 Å². The summed E-state index contributed by atoms with van der Waals surface area (Å²) in [5, 5.41) is 3.27. The summed E-state index contributed by atoms with van der Waals surface area (Å²) in [6.45, 7) is 5.98. The van der Waals surface area contributed by atoms with Crippen molar-refractivity contribution < 1.29 is 13.2 Å². The highest BCUT2D eigenvalue weighted by atomic mass is 32.2. The van der Waals surface area contributed by atoms with E-state index in [0.717, 1.165) is 32.2 Å². The van der Waals surface area contributed by atoms with Crippen molar-refractivity contribution in [2.45, 2.75) is 64.1 Å². The van der Waals surface area contributed by atoms with Crippen LogP contribution in [-0.4, -0.2) is 56.4 Å². The van der Waals surface area contributed by atoms with Gasteiger partial charge in [0.05, 0.1) is 24.5 Å². The molecule has 1 heterocycles. The van der Waals surface area contributed by atoms with Gasteiger partial charge in [0.1, 0.15) is 0 Å². The molecule has 0 spiro atoms. The smallest absolute Gasteiger partial charge is 0.214 e. The summed E-state index contributed by atoms with van der Waals surface area (Å²) in [7, 11) is -3.14. The van der Waals surface area contributed by atoms with E-state index in [2.05, 4.69) is 19.2 Å². The quantitative estimate of drug-likeness (QED) is 0.753. The number of hydrogen-bond acceptors (Lipinski definition) is 4. The van der Waals surface area contributed by atoms with Gasteiger partial charge in [0.25, 0.3) is 0 Å². The lowest BCUT2D eigenvalue weighted by atomic mass is 9.91. The molecule has 1 saturated carbocycles. The second-order valence-corrected chi connectivity index (χ2v) is 8.19. The van der Waals surface area contributed by atoms with Crippen molar-refractivity contribution in [3.8, 4) is 0 Å². The Morgan fingerprint density at radius 1 is 1.30 bits per heavy atom. The van der Waals surface area contributed by atoms with Crippen LogP contribution in [0, 0.1) is 0 Å². The van der Waals surface area contributed by atoms with Crippen LogP contribution in [0.3, 0.4) is 0 Å². The van der Waals surface area contributed by atoms with Crippen molar-refractivity contribution in [2.24, 2.45) is 0 Å². The number of rotatable bonds is 6. The molecule has 0 amide bonds. The van der Waals surface area contributed by atoms with E-state index in [1.54, 1.807) is 4.31 Å². The molecule has 2 unspecified atom stereocenters. The Bertz CT molecular complexity index is 395. The normalized spacial score (nSPS) is 28.6. The molecule has 1 N–H and O–H groups in total. The lowest BCUT2D eigenvalue weighted by Crippen LogP contribution is -2.55. The maximum absolute atomic E-state index is 12.5. The lowest BCUT2D eigenvalue weighted by molar-refractivity contribution is -0.0585. The first kappa shape index (κ1) is 16.2. The summed E-state index contributed by atoms with van der Waals surface area (Å²) in [6.07, 6.45) is 5.04. The predicted octanol–water partition coefficient (Wildman–Crippen LogP) is 1.35. The van der Waals surface area contributed by atoms with Gasteiger partial charge in [0, 0.05) is 12.6 Å². The Morgan fingerprint density at radius 2 is 2.05 bits per heavy atom. The van der Waals surface area contributed by atoms with Crippen LogP contribution in [-0.2, 0) is 14.8 Å². The van der Waals surface area contributed by atoms with Gasteiger partial charge in [-0.05, 0) is 25.8 Å². The average molecular weight is 304 g/mol. The molecule has 118 valence electrons. The SMILES string of the molecule is CC(C)NCCCS(=O)(=O)N1CCOC2CCCCC21. The predicted molar refractivity (Wildman–Crippen MR) is 80.2 cm³/mol. The second-order valence-electron chi connectivity index (χ2n) is 6.15. The number of morpholine rings is 1. The largest absolute Gasteiger partial charge is 0.375 e. The molecule has 2 aliphatic rings. The van der Waals surface area contributed by atoms with Crippen LogP contribution in [0.25, 0.3) is 0 Å². The van der Waals surface area contributed by atoms with E-state index in [9.17, 15) is 8.42 Å². The zero-order chi connectivity index (χ0) is 14.6. The van der Waals surface area contributed by atoms with E-state index in [1.807, 2.05) is 0 Å². The molecular formula is C14H28N2O3S. The van der Waals surface area contributed by atoms with E-state index in [0.29, 0.717) is 25.6 Å². The number of ether oxygens (including phenoxy) is 1. The monoisotopic (exact) mass is 304 g/mol. The summed E-state index contributed by atoms with van der Waals surface area (Å²) in [6, 6.07) is 0.490. The standard InChI is InChI=1S/C14H28N2O3S/c1-12(2)15-8-5-11-20(17,18)16-9-10-19-14-7-4-3-6-13(14)16/h12-15H,3-11H2,1-2H3. The van der Waals surface area contributed by atoms with E-state index in [-0.39, 0.29) is 17.9 Å². The fourth-order valence-electron chi connectivity index (χ4n) is 3.17. The van der Waals surface area contributed by atoms with Gasteiger partial charge in [-0.2, -0.15) is 4.31 Å². The van der Waals surface area contributed by atoms with Crippen LogP contribution in [0.4, 0.5) is 0 Å². The van der Waals surface area contributed by atoms with Crippen LogP contribution in [0.1, 0.15) is 46.0 Å². The Kier molecular flexibility index (Phi) is 5.84. The van der Waals surface area contributed by atoms with E-state index in [4.69, 9.17) is 4.74 Å². The highest BCUT2D eigenvalue weighted by molar-refractivity contribution is 7.89. The van der Waals surface area contributed by atoms with Gasteiger partial charge in [0.15, 0.2) is 0 Å². The second kappa shape index (κ2) is 7.20. The molecule has 0 aromatic rings. The summed E-state index contributed by atoms with van der Waals surface area (Å²) in [5.41, 5.74) is 0. The molecule has 1 saturated heterocycles. The third-order valence-corrected chi connectivity index (χ3v) is 6.14. The van der Waals surface area contributed by atoms with E-state index >= 15 is 0 Å². The van der Waals surface area contributed by atoms with Gasteiger partial charge in [-0.1, -0.05) is 26.7 Å². The highest BCUT2D eigenvalue weighted by Gasteiger charge is 2.39. The maximum Gasteiger partial charge on any atom is 0.214 e. The molecule has 0 aromatic heterocycles. The molecule has 1 aliphatic heterocycles. The van der Waals surface area contributed by atoms with E-state index < -0.39 is 10.0 Å². The Labute approximate surface area is 123 Å². The van der Waals surface area contributed by atoms with Crippen molar-refractivity contribution in [1.82, 2.24) is 9.62 Å². The van der Waals surface area contributed by atoms with Crippen LogP contribution in [0.5, 0.6) is 0 Å². The molecule has 6 heteroatoms. The molecular weight excluding hydrogens is 276 g/mol. The molecule has 0 radical (unpaired) electrons. The van der Waals surface area contributed by atoms with Crippen LogP contribution < -0.4 is 5.32 Å². The summed E-state index contributed by atoms with van der Waals surface area (Å²) < 4.78 is 32.5. The topological polar surface area (TPSA) is 58.6 Å². The van der Waals surface area contributed by atoms with Crippen molar-refractivity contribution in [3.05, 3.63) is 0 Å². The molecule has 0 aromatic carbocycles. The lowest BCUT2D eigenvalue weighted by Gasteiger charge is -2.42. The Balaban J connectivity index is 1.90. The molecule has 5 nitrogen and oxygen atoms in total. The van der Waals surface area contributed by atoms with Gasteiger partial charge in [-0.15, -0.1) is 0 Å². The minimum absolute atomic E-state index is 0.0838. The van der Waals surface area contributed by atoms with Crippen molar-refractivity contribution in [1.29, 1.82) is 0 Å². The number of nitrogens with one attached hydrogen (secondary N) is 1. The van der Waals surface area contributed by atoms with Gasteiger partial charge in [0.2, 0.25) is 10.0 Å². The third-order valence-electron chi connectivity index (χ3n) is 4.17. The first-order chi connectivity index (χ1) is 9.50. The molecule has 1 aliphatic carbocycles. The zero-order valence-electron chi connectivity index (χ0n) is 12.7. The highest BCUT2D eigenvalue weighted by Crippen LogP contribution is 2.30. The van der Waals surface area contributed by atoms with Crippen molar-refractivity contribution in [2.75, 3.05) is 25.4 Å². The fraction of sp³-hybridized carbons (Fsp3) is 1.00. The number of fused-ring (bicyclic) bond motifs is 1. The first-order valence-electron chi connectivity index (χ1n) is 7.85. The van der Waals surface area contributed by atoms with Crippen LogP contribution in [0.2, 0.25) is 0 Å². The molecule has 2 rings (SSSR count). The molecule has 2 atom stereocenters. The fourth-order valence-corrected chi connectivity index (χ4v) is 4.92. The van der Waals surface area contributed by atoms with Gasteiger partial charge in [-0.25, -0.2) is 8.42 Å². The van der Waals surface area contributed by atoms with Gasteiger partial charge < -0.3 is 10.1 Å². The number of hydrogen-bond donors (Lipinski definition) is 1. The van der Waals surface area contributed by atoms with Crippen LogP contribution >= 0.6 is 0 Å². The zero-order valence-corrected chi connectivity index (χ0v) is 13.5. The van der Waals surface area contributed by atoms with Crippen LogP contribution in [0.15, 0.2) is 0 Å². The molecule has 2 fully saturated rings. The first-order valence-corrected chi connectivity index (χ1v) is 9.46. The molecule has 20 heavy (non-hydrogen) atoms. The van der Waals surface area contributed by atoms with Gasteiger partial charge >= 0.3 is 0 Å².